The second kappa shape index (κ2) is 7.74. The summed E-state index contributed by atoms with van der Waals surface area (Å²) in [6.45, 7) is 0. The summed E-state index contributed by atoms with van der Waals surface area (Å²) in [7, 11) is 0. The first-order chi connectivity index (χ1) is 15.7. The number of pyridine rings is 1. The summed E-state index contributed by atoms with van der Waals surface area (Å²) in [5, 5.41) is 21.5. The molecule has 7 nitrogen and oxygen atoms in total. The molecule has 1 aliphatic carbocycles. The first kappa shape index (κ1) is 19.0. The fourth-order valence-corrected chi connectivity index (χ4v) is 5.00. The van der Waals surface area contributed by atoms with Gasteiger partial charge in [-0.1, -0.05) is 35.6 Å². The fraction of sp³-hybridized carbons (Fsp3) is 0.125. The maximum absolute atomic E-state index is 10.5. The van der Waals surface area contributed by atoms with E-state index in [0.29, 0.717) is 12.2 Å². The van der Waals surface area contributed by atoms with E-state index in [1.165, 1.54) is 5.56 Å². The summed E-state index contributed by atoms with van der Waals surface area (Å²) >= 11 is 1.55. The Kier molecular flexibility index (Phi) is 4.59. The van der Waals surface area contributed by atoms with Crippen LogP contribution in [0.1, 0.15) is 17.2 Å². The molecule has 5 aromatic rings. The molecule has 158 valence electrons. The maximum atomic E-state index is 10.5. The summed E-state index contributed by atoms with van der Waals surface area (Å²) in [5.74, 6) is 1.42. The molecule has 3 aromatic heterocycles. The van der Waals surface area contributed by atoms with Crippen LogP contribution < -0.4 is 10.1 Å². The smallest absolute Gasteiger partial charge is 0.184 e. The molecule has 3 heterocycles. The van der Waals surface area contributed by atoms with Crippen LogP contribution in [0.3, 0.4) is 0 Å². The number of benzene rings is 2. The minimum absolute atomic E-state index is 0.152. The number of aromatic nitrogens is 4. The second-order valence-electron chi connectivity index (χ2n) is 7.71. The van der Waals surface area contributed by atoms with Gasteiger partial charge in [0.15, 0.2) is 5.13 Å². The van der Waals surface area contributed by atoms with Crippen LogP contribution in [0.25, 0.3) is 21.5 Å². The van der Waals surface area contributed by atoms with E-state index < -0.39 is 6.10 Å². The molecule has 0 saturated heterocycles. The van der Waals surface area contributed by atoms with Crippen LogP contribution in [-0.4, -0.2) is 31.4 Å². The number of aliphatic hydroxyl groups excluding tert-OH is 1. The van der Waals surface area contributed by atoms with Crippen molar-refractivity contribution in [1.29, 1.82) is 0 Å². The molecule has 0 fully saturated rings. The molecule has 2 aromatic carbocycles. The van der Waals surface area contributed by atoms with Gasteiger partial charge >= 0.3 is 0 Å². The molecule has 0 radical (unpaired) electrons. The van der Waals surface area contributed by atoms with E-state index in [0.717, 1.165) is 37.9 Å². The largest absolute Gasteiger partial charge is 0.457 e. The standard InChI is InChI=1S/C24H19N5O2S/c30-21-9-14-3-1-2-4-18(14)23(21)29-24-28-19-6-5-16(11-22(19)32-24)31-17-7-8-25-20(10-17)15-12-26-27-13-15/h1-8,10-13,21,23,30H,9H2,(H,26,27)(H,28,29)/t21-,23+/m0/s1. The van der Waals surface area contributed by atoms with E-state index >= 15 is 0 Å². The first-order valence-corrected chi connectivity index (χ1v) is 11.1. The average molecular weight is 442 g/mol. The van der Waals surface area contributed by atoms with Crippen LogP contribution in [0.4, 0.5) is 5.13 Å². The number of aliphatic hydroxyl groups is 1. The molecule has 0 amide bonds. The van der Waals surface area contributed by atoms with Crippen molar-refractivity contribution in [2.24, 2.45) is 0 Å². The van der Waals surface area contributed by atoms with Crippen LogP contribution in [0.15, 0.2) is 73.2 Å². The monoisotopic (exact) mass is 441 g/mol. The molecule has 0 aliphatic heterocycles. The predicted molar refractivity (Wildman–Crippen MR) is 124 cm³/mol. The predicted octanol–water partition coefficient (Wildman–Crippen LogP) is 4.94. The molecule has 1 aliphatic rings. The van der Waals surface area contributed by atoms with Gasteiger partial charge < -0.3 is 15.2 Å². The molecular formula is C24H19N5O2S. The highest BCUT2D eigenvalue weighted by Crippen LogP contribution is 2.37. The van der Waals surface area contributed by atoms with E-state index in [2.05, 4.69) is 32.6 Å². The van der Waals surface area contributed by atoms with Crippen molar-refractivity contribution in [3.63, 3.8) is 0 Å². The highest BCUT2D eigenvalue weighted by atomic mass is 32.1. The van der Waals surface area contributed by atoms with Crippen molar-refractivity contribution in [2.75, 3.05) is 5.32 Å². The minimum atomic E-state index is -0.464. The Morgan fingerprint density at radius 3 is 2.91 bits per heavy atom. The Bertz CT molecular complexity index is 1400. The van der Waals surface area contributed by atoms with Gasteiger partial charge in [0, 0.05) is 36.5 Å². The van der Waals surface area contributed by atoms with Gasteiger partial charge in [-0.05, 0) is 29.3 Å². The Hall–Kier alpha value is -3.75. The van der Waals surface area contributed by atoms with Gasteiger partial charge in [-0.2, -0.15) is 5.10 Å². The van der Waals surface area contributed by atoms with E-state index in [1.54, 1.807) is 29.9 Å². The number of hydrogen-bond acceptors (Lipinski definition) is 7. The lowest BCUT2D eigenvalue weighted by atomic mass is 10.1. The summed E-state index contributed by atoms with van der Waals surface area (Å²) in [5.41, 5.74) is 4.90. The molecule has 0 bridgehead atoms. The van der Waals surface area contributed by atoms with Gasteiger partial charge in [0.25, 0.3) is 0 Å². The van der Waals surface area contributed by atoms with E-state index in [-0.39, 0.29) is 6.04 Å². The first-order valence-electron chi connectivity index (χ1n) is 10.3. The number of anilines is 1. The zero-order chi connectivity index (χ0) is 21.5. The summed E-state index contributed by atoms with van der Waals surface area (Å²) in [4.78, 5) is 9.07. The topological polar surface area (TPSA) is 95.9 Å². The molecule has 2 atom stereocenters. The number of H-pyrrole nitrogens is 1. The molecule has 32 heavy (non-hydrogen) atoms. The number of fused-ring (bicyclic) bond motifs is 2. The van der Waals surface area contributed by atoms with Crippen LogP contribution in [-0.2, 0) is 6.42 Å². The third-order valence-electron chi connectivity index (χ3n) is 5.60. The molecular weight excluding hydrogens is 422 g/mol. The molecule has 8 heteroatoms. The van der Waals surface area contributed by atoms with Crippen LogP contribution in [0, 0.1) is 0 Å². The van der Waals surface area contributed by atoms with Crippen molar-refractivity contribution >= 4 is 26.7 Å². The third kappa shape index (κ3) is 3.49. The zero-order valence-corrected chi connectivity index (χ0v) is 17.7. The van der Waals surface area contributed by atoms with Gasteiger partial charge in [0.1, 0.15) is 11.5 Å². The van der Waals surface area contributed by atoms with Crippen LogP contribution in [0.2, 0.25) is 0 Å². The highest BCUT2D eigenvalue weighted by molar-refractivity contribution is 7.22. The fourth-order valence-electron chi connectivity index (χ4n) is 4.07. The number of thiazole rings is 1. The Morgan fingerprint density at radius 1 is 1.09 bits per heavy atom. The van der Waals surface area contributed by atoms with Crippen molar-refractivity contribution in [3.05, 3.63) is 84.3 Å². The molecule has 0 unspecified atom stereocenters. The van der Waals surface area contributed by atoms with Gasteiger partial charge in [-0.3, -0.25) is 10.1 Å². The number of aromatic amines is 1. The minimum Gasteiger partial charge on any atom is -0.457 e. The van der Waals surface area contributed by atoms with Crippen LogP contribution in [0.5, 0.6) is 11.5 Å². The summed E-state index contributed by atoms with van der Waals surface area (Å²) in [6, 6.07) is 17.5. The number of nitrogens with zero attached hydrogens (tertiary/aromatic N) is 3. The Balaban J connectivity index is 1.24. The Labute approximate surface area is 187 Å². The SMILES string of the molecule is O[C@H]1Cc2ccccc2[C@H]1Nc1nc2ccc(Oc3ccnc(-c4cn[nH]c4)c3)cc2s1. The lowest BCUT2D eigenvalue weighted by Crippen LogP contribution is -2.20. The lowest BCUT2D eigenvalue weighted by Gasteiger charge is -2.16. The molecule has 0 saturated carbocycles. The van der Waals surface area contributed by atoms with E-state index in [4.69, 9.17) is 9.72 Å². The quantitative estimate of drug-likeness (QED) is 0.357. The van der Waals surface area contributed by atoms with Crippen molar-refractivity contribution < 1.29 is 9.84 Å². The van der Waals surface area contributed by atoms with Crippen molar-refractivity contribution in [3.8, 4) is 22.8 Å². The molecule has 0 spiro atoms. The normalized spacial score (nSPS) is 17.4. The van der Waals surface area contributed by atoms with Gasteiger partial charge in [0.05, 0.1) is 34.3 Å². The van der Waals surface area contributed by atoms with Crippen molar-refractivity contribution in [1.82, 2.24) is 20.2 Å². The number of nitrogens with one attached hydrogen (secondary N) is 2. The van der Waals surface area contributed by atoms with E-state index in [9.17, 15) is 5.11 Å². The van der Waals surface area contributed by atoms with Gasteiger partial charge in [-0.15, -0.1) is 0 Å². The second-order valence-corrected chi connectivity index (χ2v) is 8.74. The summed E-state index contributed by atoms with van der Waals surface area (Å²) in [6.07, 6.45) is 5.43. The highest BCUT2D eigenvalue weighted by Gasteiger charge is 2.31. The lowest BCUT2D eigenvalue weighted by molar-refractivity contribution is 0.166. The Morgan fingerprint density at radius 2 is 2.00 bits per heavy atom. The van der Waals surface area contributed by atoms with Gasteiger partial charge in [-0.25, -0.2) is 4.98 Å². The van der Waals surface area contributed by atoms with E-state index in [1.807, 2.05) is 42.5 Å². The molecule has 3 N–H and O–H groups in total. The van der Waals surface area contributed by atoms with Gasteiger partial charge in [0.2, 0.25) is 0 Å². The molecule has 6 rings (SSSR count). The van der Waals surface area contributed by atoms with Crippen LogP contribution >= 0.6 is 11.3 Å². The number of ether oxygens (including phenoxy) is 1. The average Bonchev–Trinajstić information content (AvgIpc) is 3.53. The zero-order valence-electron chi connectivity index (χ0n) is 16.9. The number of hydrogen-bond donors (Lipinski definition) is 3. The maximum Gasteiger partial charge on any atom is 0.184 e. The van der Waals surface area contributed by atoms with Crippen molar-refractivity contribution in [2.45, 2.75) is 18.6 Å². The summed E-state index contributed by atoms with van der Waals surface area (Å²) < 4.78 is 7.09. The third-order valence-corrected chi connectivity index (χ3v) is 6.55. The number of rotatable bonds is 5.